The van der Waals surface area contributed by atoms with Crippen LogP contribution in [0.25, 0.3) is 10.9 Å². The van der Waals surface area contributed by atoms with Gasteiger partial charge < -0.3 is 25.1 Å². The lowest BCUT2D eigenvalue weighted by atomic mass is 9.99. The number of nitrogens with zero attached hydrogens (tertiary/aromatic N) is 4. The zero-order valence-electron chi connectivity index (χ0n) is 17.7. The Balaban J connectivity index is 1.57. The molecule has 4 rings (SSSR count). The molecule has 0 amide bonds. The summed E-state index contributed by atoms with van der Waals surface area (Å²) in [5.74, 6) is -1.01. The number of rotatable bonds is 9. The highest BCUT2D eigenvalue weighted by Gasteiger charge is 2.28. The highest BCUT2D eigenvalue weighted by molar-refractivity contribution is 7.15. The van der Waals surface area contributed by atoms with E-state index in [9.17, 15) is 9.90 Å². The molecule has 1 aromatic carbocycles. The molecule has 1 atom stereocenters. The summed E-state index contributed by atoms with van der Waals surface area (Å²) in [6.07, 6.45) is 3.69. The molecule has 0 spiro atoms. The van der Waals surface area contributed by atoms with Gasteiger partial charge in [-0.25, -0.2) is 15.0 Å². The van der Waals surface area contributed by atoms with Gasteiger partial charge in [0.05, 0.1) is 38.1 Å². The average molecular weight is 460 g/mol. The van der Waals surface area contributed by atoms with Crippen molar-refractivity contribution in [2.45, 2.75) is 12.3 Å². The Morgan fingerprint density at radius 3 is 2.78 bits per heavy atom. The van der Waals surface area contributed by atoms with Crippen LogP contribution in [0.15, 0.2) is 24.7 Å². The first-order chi connectivity index (χ1) is 15.6. The van der Waals surface area contributed by atoms with E-state index in [1.54, 1.807) is 19.2 Å². The second-order valence-electron chi connectivity index (χ2n) is 7.31. The number of carbonyl (C=O) groups is 1. The van der Waals surface area contributed by atoms with Gasteiger partial charge in [0.2, 0.25) is 0 Å². The van der Waals surface area contributed by atoms with Crippen LogP contribution in [-0.4, -0.2) is 77.5 Å². The van der Waals surface area contributed by atoms with E-state index in [0.29, 0.717) is 44.7 Å². The number of fused-ring (bicyclic) bond motifs is 1. The predicted octanol–water partition coefficient (Wildman–Crippen LogP) is 1.99. The van der Waals surface area contributed by atoms with E-state index < -0.39 is 11.9 Å². The number of thiazole rings is 1. The zero-order valence-corrected chi connectivity index (χ0v) is 18.5. The number of morpholine rings is 1. The lowest BCUT2D eigenvalue weighted by molar-refractivity contribution is -0.137. The van der Waals surface area contributed by atoms with Crippen LogP contribution in [0.4, 0.5) is 5.13 Å². The van der Waals surface area contributed by atoms with Gasteiger partial charge in [-0.3, -0.25) is 9.69 Å². The molecule has 1 saturated heterocycles. The van der Waals surface area contributed by atoms with E-state index in [2.05, 4.69) is 19.9 Å². The molecule has 1 unspecified atom stereocenters. The number of hydrogen-bond acceptors (Lipinski definition) is 10. The maximum Gasteiger partial charge on any atom is 0.318 e. The maximum absolute atomic E-state index is 12.1. The third-order valence-electron chi connectivity index (χ3n) is 5.28. The van der Waals surface area contributed by atoms with Crippen LogP contribution in [0.1, 0.15) is 22.9 Å². The van der Waals surface area contributed by atoms with Gasteiger partial charge in [0.25, 0.3) is 0 Å². The van der Waals surface area contributed by atoms with Gasteiger partial charge in [-0.15, -0.1) is 11.3 Å². The standard InChI is InChI=1S/C21H25N5O5S/c1-29-15-9-13-14(10-16(15)31-6-2-3-26-4-7-30-8-5-26)24-12-25-19(13)18(20(27)28)17-11-23-21(22)32-17/h9-12,18H,2-8H2,1H3,(H2,22,23)(H,27,28). The first-order valence-corrected chi connectivity index (χ1v) is 11.1. The van der Waals surface area contributed by atoms with E-state index in [4.69, 9.17) is 19.9 Å². The Morgan fingerprint density at radius 2 is 2.09 bits per heavy atom. The molecule has 11 heteroatoms. The molecule has 1 aliphatic rings. The summed E-state index contributed by atoms with van der Waals surface area (Å²) in [6.45, 7) is 4.88. The topological polar surface area (TPSA) is 133 Å². The molecule has 2 aromatic heterocycles. The third kappa shape index (κ3) is 4.90. The molecule has 170 valence electrons. The number of benzene rings is 1. The zero-order chi connectivity index (χ0) is 22.5. The molecule has 10 nitrogen and oxygen atoms in total. The minimum Gasteiger partial charge on any atom is -0.493 e. The third-order valence-corrected chi connectivity index (χ3v) is 6.17. The summed E-state index contributed by atoms with van der Waals surface area (Å²) in [5, 5.41) is 10.8. The number of aromatic nitrogens is 3. The maximum atomic E-state index is 12.1. The number of ether oxygens (including phenoxy) is 3. The second-order valence-corrected chi connectivity index (χ2v) is 8.40. The Kier molecular flexibility index (Phi) is 6.98. The van der Waals surface area contributed by atoms with Crippen molar-refractivity contribution in [3.8, 4) is 11.5 Å². The van der Waals surface area contributed by atoms with Crippen molar-refractivity contribution in [1.82, 2.24) is 19.9 Å². The lowest BCUT2D eigenvalue weighted by Gasteiger charge is -2.26. The average Bonchev–Trinajstić information content (AvgIpc) is 3.22. The number of nitrogens with two attached hydrogens (primary N) is 1. The van der Waals surface area contributed by atoms with Gasteiger partial charge in [0.15, 0.2) is 16.6 Å². The molecular weight excluding hydrogens is 434 g/mol. The van der Waals surface area contributed by atoms with Gasteiger partial charge in [-0.2, -0.15) is 0 Å². The Hall–Kier alpha value is -3.02. The molecule has 3 N–H and O–H groups in total. The van der Waals surface area contributed by atoms with Gasteiger partial charge in [0.1, 0.15) is 12.2 Å². The molecule has 3 aromatic rings. The predicted molar refractivity (Wildman–Crippen MR) is 119 cm³/mol. The number of carboxylic acid groups (broad SMARTS) is 1. The van der Waals surface area contributed by atoms with Crippen LogP contribution < -0.4 is 15.2 Å². The first kappa shape index (κ1) is 22.2. The molecule has 0 aliphatic carbocycles. The normalized spacial score (nSPS) is 15.5. The second kappa shape index (κ2) is 10.1. The van der Waals surface area contributed by atoms with Crippen LogP contribution in [0.2, 0.25) is 0 Å². The Morgan fingerprint density at radius 1 is 1.28 bits per heavy atom. The quantitative estimate of drug-likeness (QED) is 0.458. The molecule has 3 heterocycles. The molecule has 0 radical (unpaired) electrons. The van der Waals surface area contributed by atoms with Crippen molar-refractivity contribution in [2.24, 2.45) is 0 Å². The Labute approximate surface area is 189 Å². The van der Waals surface area contributed by atoms with Crippen molar-refractivity contribution in [1.29, 1.82) is 0 Å². The highest BCUT2D eigenvalue weighted by Crippen LogP contribution is 2.37. The monoisotopic (exact) mass is 459 g/mol. The number of hydrogen-bond donors (Lipinski definition) is 2. The smallest absolute Gasteiger partial charge is 0.318 e. The van der Waals surface area contributed by atoms with Gasteiger partial charge >= 0.3 is 5.97 Å². The van der Waals surface area contributed by atoms with Gasteiger partial charge in [0, 0.05) is 42.2 Å². The van der Waals surface area contributed by atoms with Crippen LogP contribution in [0.5, 0.6) is 11.5 Å². The minimum atomic E-state index is -1.05. The van der Waals surface area contributed by atoms with Crippen LogP contribution in [0.3, 0.4) is 0 Å². The largest absolute Gasteiger partial charge is 0.493 e. The lowest BCUT2D eigenvalue weighted by Crippen LogP contribution is -2.37. The van der Waals surface area contributed by atoms with Crippen LogP contribution >= 0.6 is 11.3 Å². The van der Waals surface area contributed by atoms with E-state index in [0.717, 1.165) is 50.6 Å². The number of anilines is 1. The molecular formula is C21H25N5O5S. The summed E-state index contributed by atoms with van der Waals surface area (Å²) in [7, 11) is 1.55. The van der Waals surface area contributed by atoms with Crippen molar-refractivity contribution in [2.75, 3.05) is 52.3 Å². The van der Waals surface area contributed by atoms with E-state index >= 15 is 0 Å². The SMILES string of the molecule is COc1cc2c(C(C(=O)O)c3cnc(N)s3)ncnc2cc1OCCCN1CCOCC1. The first-order valence-electron chi connectivity index (χ1n) is 10.3. The summed E-state index contributed by atoms with van der Waals surface area (Å²) in [6, 6.07) is 3.48. The number of aliphatic carboxylic acids is 1. The van der Waals surface area contributed by atoms with Crippen LogP contribution in [0, 0.1) is 0 Å². The minimum absolute atomic E-state index is 0.301. The van der Waals surface area contributed by atoms with Crippen LogP contribution in [-0.2, 0) is 9.53 Å². The number of methoxy groups -OCH3 is 1. The molecule has 0 saturated carbocycles. The van der Waals surface area contributed by atoms with E-state index in [1.165, 1.54) is 12.5 Å². The summed E-state index contributed by atoms with van der Waals surface area (Å²) in [4.78, 5) is 27.5. The van der Waals surface area contributed by atoms with Crippen molar-refractivity contribution < 1.29 is 24.1 Å². The van der Waals surface area contributed by atoms with Crippen molar-refractivity contribution in [3.63, 3.8) is 0 Å². The molecule has 1 aliphatic heterocycles. The summed E-state index contributed by atoms with van der Waals surface area (Å²) in [5.41, 5.74) is 6.64. The van der Waals surface area contributed by atoms with Crippen molar-refractivity contribution >= 4 is 33.3 Å². The fraction of sp³-hybridized carbons (Fsp3) is 0.429. The molecule has 32 heavy (non-hydrogen) atoms. The Bertz CT molecular complexity index is 1090. The molecule has 1 fully saturated rings. The number of carboxylic acids is 1. The van der Waals surface area contributed by atoms with E-state index in [1.807, 2.05) is 0 Å². The summed E-state index contributed by atoms with van der Waals surface area (Å²) < 4.78 is 16.9. The summed E-state index contributed by atoms with van der Waals surface area (Å²) >= 11 is 1.12. The molecule has 0 bridgehead atoms. The number of nitrogen functional groups attached to an aromatic ring is 1. The fourth-order valence-corrected chi connectivity index (χ4v) is 4.47. The highest BCUT2D eigenvalue weighted by atomic mass is 32.1. The van der Waals surface area contributed by atoms with Gasteiger partial charge in [-0.05, 0) is 12.5 Å². The van der Waals surface area contributed by atoms with Crippen molar-refractivity contribution in [3.05, 3.63) is 35.2 Å². The van der Waals surface area contributed by atoms with Gasteiger partial charge in [-0.1, -0.05) is 0 Å². The van der Waals surface area contributed by atoms with E-state index in [-0.39, 0.29) is 0 Å². The fourth-order valence-electron chi connectivity index (χ4n) is 3.69.